The first kappa shape index (κ1) is 27.2. The van der Waals surface area contributed by atoms with E-state index in [0.29, 0.717) is 25.2 Å². The van der Waals surface area contributed by atoms with Gasteiger partial charge in [-0.2, -0.15) is 18.2 Å². The molecule has 1 aromatic heterocycles. The van der Waals surface area contributed by atoms with Gasteiger partial charge in [-0.1, -0.05) is 12.1 Å². The van der Waals surface area contributed by atoms with E-state index in [2.05, 4.69) is 9.97 Å². The van der Waals surface area contributed by atoms with E-state index in [1.807, 2.05) is 11.8 Å². The summed E-state index contributed by atoms with van der Waals surface area (Å²) in [5.74, 6) is -0.616. The zero-order chi connectivity index (χ0) is 27.8. The molecule has 1 saturated heterocycles. The highest BCUT2D eigenvalue weighted by Crippen LogP contribution is 2.38. The number of aromatic nitrogens is 2. The van der Waals surface area contributed by atoms with E-state index in [4.69, 9.17) is 20.9 Å². The van der Waals surface area contributed by atoms with E-state index >= 15 is 4.39 Å². The van der Waals surface area contributed by atoms with E-state index in [1.165, 1.54) is 32.4 Å². The Labute approximate surface area is 216 Å². The lowest BCUT2D eigenvalue weighted by atomic mass is 10.0. The fraction of sp³-hybridized carbons (Fsp3) is 0.400. The lowest BCUT2D eigenvalue weighted by Gasteiger charge is -2.40. The van der Waals surface area contributed by atoms with Crippen LogP contribution < -0.4 is 25.8 Å². The number of rotatable bonds is 6. The molecule has 2 unspecified atom stereocenters. The van der Waals surface area contributed by atoms with Crippen LogP contribution in [0.1, 0.15) is 30.5 Å². The number of methoxy groups -OCH3 is 2. The summed E-state index contributed by atoms with van der Waals surface area (Å²) in [4.78, 5) is 25.1. The zero-order valence-electron chi connectivity index (χ0n) is 21.1. The molecule has 0 saturated carbocycles. The van der Waals surface area contributed by atoms with E-state index in [-0.39, 0.29) is 52.5 Å². The third-order valence-electron chi connectivity index (χ3n) is 6.59. The third-order valence-corrected chi connectivity index (χ3v) is 6.59. The van der Waals surface area contributed by atoms with Gasteiger partial charge in [-0.15, -0.1) is 0 Å². The summed E-state index contributed by atoms with van der Waals surface area (Å²) in [6.07, 6.45) is -4.51. The van der Waals surface area contributed by atoms with Gasteiger partial charge in [-0.3, -0.25) is 4.79 Å². The molecule has 1 aliphatic heterocycles. The number of hydrogen-bond acceptors (Lipinski definition) is 8. The molecular formula is C25H28F4N6O3. The Morgan fingerprint density at radius 3 is 2.42 bits per heavy atom. The average Bonchev–Trinajstić information content (AvgIpc) is 2.88. The first-order valence-electron chi connectivity index (χ1n) is 11.8. The maximum Gasteiger partial charge on any atom is 0.416 e. The molecule has 0 spiro atoms. The van der Waals surface area contributed by atoms with E-state index in [1.54, 1.807) is 4.90 Å². The monoisotopic (exact) mass is 536 g/mol. The van der Waals surface area contributed by atoms with Crippen molar-refractivity contribution < 1.29 is 31.8 Å². The smallest absolute Gasteiger partial charge is 0.416 e. The first-order valence-corrected chi connectivity index (χ1v) is 11.8. The zero-order valence-corrected chi connectivity index (χ0v) is 21.1. The van der Waals surface area contributed by atoms with Gasteiger partial charge in [0.2, 0.25) is 11.9 Å². The van der Waals surface area contributed by atoms with Gasteiger partial charge in [0.15, 0.2) is 17.3 Å². The Bertz CT molecular complexity index is 1340. The van der Waals surface area contributed by atoms with Crippen LogP contribution in [0.2, 0.25) is 0 Å². The van der Waals surface area contributed by atoms with Crippen molar-refractivity contribution in [3.8, 4) is 11.5 Å². The van der Waals surface area contributed by atoms with Crippen molar-refractivity contribution in [2.75, 3.05) is 44.5 Å². The van der Waals surface area contributed by atoms with Crippen molar-refractivity contribution in [3.63, 3.8) is 0 Å². The topological polar surface area (TPSA) is 120 Å². The van der Waals surface area contributed by atoms with Crippen LogP contribution in [-0.4, -0.2) is 60.7 Å². The van der Waals surface area contributed by atoms with Gasteiger partial charge in [-0.05, 0) is 30.7 Å². The maximum atomic E-state index is 15.2. The molecule has 2 atom stereocenters. The minimum absolute atomic E-state index is 0.0154. The molecule has 4 rings (SSSR count). The molecule has 13 heteroatoms. The van der Waals surface area contributed by atoms with Gasteiger partial charge < -0.3 is 30.7 Å². The number of nitrogen functional groups attached to an aromatic ring is 1. The Morgan fingerprint density at radius 2 is 1.84 bits per heavy atom. The lowest BCUT2D eigenvalue weighted by molar-refractivity contribution is -0.137. The van der Waals surface area contributed by atoms with Gasteiger partial charge in [0.1, 0.15) is 11.3 Å². The van der Waals surface area contributed by atoms with Crippen LogP contribution in [0.25, 0.3) is 10.9 Å². The first-order chi connectivity index (χ1) is 17.9. The molecule has 9 nitrogen and oxygen atoms in total. The fourth-order valence-corrected chi connectivity index (χ4v) is 4.50. The number of carbonyl (C=O) groups excluding carboxylic acids is 1. The van der Waals surface area contributed by atoms with Gasteiger partial charge in [0.25, 0.3) is 0 Å². The summed E-state index contributed by atoms with van der Waals surface area (Å²) in [6, 6.07) is 4.98. The van der Waals surface area contributed by atoms with Crippen LogP contribution in [0.4, 0.5) is 29.3 Å². The third kappa shape index (κ3) is 5.23. The number of ether oxygens (including phenoxy) is 2. The molecule has 1 fully saturated rings. The van der Waals surface area contributed by atoms with Crippen molar-refractivity contribution in [2.45, 2.75) is 31.6 Å². The molecule has 1 amide bonds. The molecule has 3 aromatic rings. The number of alkyl halides is 3. The highest BCUT2D eigenvalue weighted by molar-refractivity contribution is 5.92. The molecule has 1 aliphatic rings. The summed E-state index contributed by atoms with van der Waals surface area (Å²) in [5.41, 5.74) is 11.9. The van der Waals surface area contributed by atoms with Crippen molar-refractivity contribution in [3.05, 3.63) is 47.3 Å². The summed E-state index contributed by atoms with van der Waals surface area (Å²) in [7, 11) is 2.70. The van der Waals surface area contributed by atoms with Gasteiger partial charge >= 0.3 is 6.18 Å². The standard InChI is InChI=1S/C25H28F4N6O3/c1-13-12-34(19(36)11-17(30)14-4-6-15(7-5-14)25(27,28)29)8-9-35(13)24-32-21-16(23(31)33-24)10-18(37-2)22(38-3)20(21)26/h4-7,10,13,17H,8-9,11-12,30H2,1-3H3,(H2,31,32,33). The molecule has 38 heavy (non-hydrogen) atoms. The minimum atomic E-state index is -4.45. The number of piperazine rings is 1. The molecule has 0 bridgehead atoms. The quantitative estimate of drug-likeness (QED) is 0.460. The number of nitrogens with zero attached hydrogens (tertiary/aromatic N) is 4. The molecule has 204 valence electrons. The van der Waals surface area contributed by atoms with Crippen molar-refractivity contribution in [1.82, 2.24) is 14.9 Å². The second kappa shape index (κ2) is 10.5. The van der Waals surface area contributed by atoms with Gasteiger partial charge in [-0.25, -0.2) is 9.37 Å². The number of carbonyl (C=O) groups is 1. The number of benzene rings is 2. The molecule has 2 heterocycles. The van der Waals surface area contributed by atoms with Gasteiger partial charge in [0, 0.05) is 43.5 Å². The van der Waals surface area contributed by atoms with Crippen LogP contribution in [0.5, 0.6) is 11.5 Å². The average molecular weight is 537 g/mol. The number of fused-ring (bicyclic) bond motifs is 1. The van der Waals surface area contributed by atoms with Crippen LogP contribution in [0, 0.1) is 5.82 Å². The van der Waals surface area contributed by atoms with Crippen LogP contribution in [-0.2, 0) is 11.0 Å². The fourth-order valence-electron chi connectivity index (χ4n) is 4.50. The Kier molecular flexibility index (Phi) is 7.49. The summed E-state index contributed by atoms with van der Waals surface area (Å²) in [6.45, 7) is 2.85. The van der Waals surface area contributed by atoms with Crippen molar-refractivity contribution >= 4 is 28.6 Å². The SMILES string of the molecule is COc1cc2c(N)nc(N3CCN(C(=O)CC(N)c4ccc(C(F)(F)F)cc4)CC3C)nc2c(F)c1OC. The van der Waals surface area contributed by atoms with Crippen LogP contribution >= 0.6 is 0 Å². The maximum absolute atomic E-state index is 15.2. The Balaban J connectivity index is 1.47. The highest BCUT2D eigenvalue weighted by Gasteiger charge is 2.32. The summed E-state index contributed by atoms with van der Waals surface area (Å²) in [5, 5.41) is 0.280. The number of amides is 1. The van der Waals surface area contributed by atoms with Crippen LogP contribution in [0.3, 0.4) is 0 Å². The van der Waals surface area contributed by atoms with E-state index < -0.39 is 23.6 Å². The molecule has 2 aromatic carbocycles. The van der Waals surface area contributed by atoms with Crippen molar-refractivity contribution in [2.24, 2.45) is 5.73 Å². The number of nitrogens with two attached hydrogens (primary N) is 2. The molecular weight excluding hydrogens is 508 g/mol. The van der Waals surface area contributed by atoms with Crippen LogP contribution in [0.15, 0.2) is 30.3 Å². The predicted octanol–water partition coefficient (Wildman–Crippen LogP) is 3.51. The molecule has 4 N–H and O–H groups in total. The Hall–Kier alpha value is -3.87. The lowest BCUT2D eigenvalue weighted by Crippen LogP contribution is -2.54. The molecule has 0 radical (unpaired) electrons. The number of anilines is 2. The predicted molar refractivity (Wildman–Crippen MR) is 133 cm³/mol. The number of halogens is 4. The second-order valence-electron chi connectivity index (χ2n) is 9.04. The molecule has 0 aliphatic carbocycles. The second-order valence-corrected chi connectivity index (χ2v) is 9.04. The van der Waals surface area contributed by atoms with E-state index in [9.17, 15) is 18.0 Å². The highest BCUT2D eigenvalue weighted by atomic mass is 19.4. The van der Waals surface area contributed by atoms with Crippen molar-refractivity contribution in [1.29, 1.82) is 0 Å². The minimum Gasteiger partial charge on any atom is -0.493 e. The van der Waals surface area contributed by atoms with E-state index in [0.717, 1.165) is 12.1 Å². The largest absolute Gasteiger partial charge is 0.493 e. The Morgan fingerprint density at radius 1 is 1.16 bits per heavy atom. The normalized spacial score (nSPS) is 17.0. The summed E-state index contributed by atoms with van der Waals surface area (Å²) >= 11 is 0. The number of hydrogen-bond donors (Lipinski definition) is 2. The van der Waals surface area contributed by atoms with Gasteiger partial charge in [0.05, 0.1) is 19.8 Å². The summed E-state index contributed by atoms with van der Waals surface area (Å²) < 4.78 is 63.9.